The molecule has 35 heavy (non-hydrogen) atoms. The standard InChI is InChI=1S/C28H38F2N2O3/c1-6-9-18(5)27(33)23(14-17(3)4)31-28(34)25-20(7-2)26(19-10-11-21(29)22(30)15-19)32-12-8-13-35-16-24(25)32/h10-11,15,17-18,23H,6-9,12-14,16H2,1-5H3,(H,31,34). The quantitative estimate of drug-likeness (QED) is 0.442. The van der Waals surface area contributed by atoms with E-state index < -0.39 is 17.7 Å². The molecule has 1 amide bonds. The minimum atomic E-state index is -0.927. The van der Waals surface area contributed by atoms with E-state index in [9.17, 15) is 18.4 Å². The van der Waals surface area contributed by atoms with Crippen molar-refractivity contribution < 1.29 is 23.1 Å². The van der Waals surface area contributed by atoms with Gasteiger partial charge in [0.05, 0.1) is 29.6 Å². The predicted molar refractivity (Wildman–Crippen MR) is 133 cm³/mol. The average molecular weight is 489 g/mol. The lowest BCUT2D eigenvalue weighted by Gasteiger charge is -2.23. The van der Waals surface area contributed by atoms with Crippen LogP contribution in [0.15, 0.2) is 18.2 Å². The molecule has 2 aromatic rings. The molecule has 1 aliphatic heterocycles. The number of nitrogens with one attached hydrogen (secondary N) is 1. The minimum absolute atomic E-state index is 0.0503. The number of fused-ring (bicyclic) bond motifs is 1. The Balaban J connectivity index is 2.08. The van der Waals surface area contributed by atoms with Crippen LogP contribution in [-0.4, -0.2) is 28.9 Å². The van der Waals surface area contributed by atoms with Crippen molar-refractivity contribution in [3.8, 4) is 11.3 Å². The Morgan fingerprint density at radius 1 is 1.14 bits per heavy atom. The van der Waals surface area contributed by atoms with Gasteiger partial charge >= 0.3 is 0 Å². The summed E-state index contributed by atoms with van der Waals surface area (Å²) in [6, 6.07) is 3.26. The SMILES string of the molecule is CCCC(C)C(=O)C(CC(C)C)NC(=O)c1c(CC)c(-c2ccc(F)c(F)c2)n2c1COCCC2. The Hall–Kier alpha value is -2.54. The molecule has 1 aromatic heterocycles. The van der Waals surface area contributed by atoms with Crippen molar-refractivity contribution in [1.29, 1.82) is 0 Å². The van der Waals surface area contributed by atoms with Gasteiger partial charge in [0, 0.05) is 24.6 Å². The lowest BCUT2D eigenvalue weighted by molar-refractivity contribution is -0.124. The molecule has 0 fully saturated rings. The van der Waals surface area contributed by atoms with E-state index in [0.717, 1.165) is 30.9 Å². The van der Waals surface area contributed by atoms with Crippen LogP contribution in [0.3, 0.4) is 0 Å². The zero-order valence-electron chi connectivity index (χ0n) is 21.5. The number of ether oxygens (including phenoxy) is 1. The normalized spacial score (nSPS) is 15.4. The number of nitrogens with zero attached hydrogens (tertiary/aromatic N) is 1. The first-order valence-electron chi connectivity index (χ1n) is 12.8. The number of carbonyl (C=O) groups is 2. The number of hydrogen-bond donors (Lipinski definition) is 1. The molecule has 7 heteroatoms. The van der Waals surface area contributed by atoms with E-state index in [0.29, 0.717) is 48.5 Å². The van der Waals surface area contributed by atoms with Gasteiger partial charge in [-0.2, -0.15) is 0 Å². The number of amides is 1. The van der Waals surface area contributed by atoms with Crippen molar-refractivity contribution >= 4 is 11.7 Å². The first-order valence-corrected chi connectivity index (χ1v) is 12.8. The molecule has 5 nitrogen and oxygen atoms in total. The fourth-order valence-corrected chi connectivity index (χ4v) is 5.07. The number of benzene rings is 1. The summed E-state index contributed by atoms with van der Waals surface area (Å²) in [5.41, 5.74) is 3.19. The molecular formula is C28H38F2N2O3. The molecule has 0 radical (unpaired) electrons. The lowest BCUT2D eigenvalue weighted by Crippen LogP contribution is -2.44. The largest absolute Gasteiger partial charge is 0.375 e. The van der Waals surface area contributed by atoms with Gasteiger partial charge in [0.1, 0.15) is 0 Å². The summed E-state index contributed by atoms with van der Waals surface area (Å²) >= 11 is 0. The molecule has 2 heterocycles. The maximum atomic E-state index is 14.2. The van der Waals surface area contributed by atoms with Crippen LogP contribution >= 0.6 is 0 Å². The van der Waals surface area contributed by atoms with E-state index in [4.69, 9.17) is 4.74 Å². The van der Waals surface area contributed by atoms with E-state index in [1.54, 1.807) is 6.07 Å². The smallest absolute Gasteiger partial charge is 0.254 e. The van der Waals surface area contributed by atoms with Crippen LogP contribution in [0.1, 0.15) is 81.9 Å². The summed E-state index contributed by atoms with van der Waals surface area (Å²) in [6.45, 7) is 11.4. The lowest BCUT2D eigenvalue weighted by atomic mass is 9.90. The molecule has 0 saturated heterocycles. The average Bonchev–Trinajstić information content (AvgIpc) is 2.94. The van der Waals surface area contributed by atoms with Crippen LogP contribution in [0.5, 0.6) is 0 Å². The fraction of sp³-hybridized carbons (Fsp3) is 0.571. The maximum Gasteiger partial charge on any atom is 0.254 e. The molecule has 0 aliphatic carbocycles. The zero-order valence-corrected chi connectivity index (χ0v) is 21.5. The first kappa shape index (κ1) is 27.1. The highest BCUT2D eigenvalue weighted by Gasteiger charge is 2.32. The Labute approximate surface area is 207 Å². The van der Waals surface area contributed by atoms with Crippen molar-refractivity contribution in [1.82, 2.24) is 9.88 Å². The van der Waals surface area contributed by atoms with Crippen LogP contribution in [0.4, 0.5) is 8.78 Å². The van der Waals surface area contributed by atoms with Crippen LogP contribution < -0.4 is 5.32 Å². The molecule has 0 spiro atoms. The Morgan fingerprint density at radius 2 is 1.89 bits per heavy atom. The van der Waals surface area contributed by atoms with Gasteiger partial charge in [0.15, 0.2) is 17.4 Å². The third-order valence-corrected chi connectivity index (χ3v) is 6.72. The third kappa shape index (κ3) is 6.00. The highest BCUT2D eigenvalue weighted by Crippen LogP contribution is 2.35. The summed E-state index contributed by atoms with van der Waals surface area (Å²) in [5.74, 6) is -2.00. The van der Waals surface area contributed by atoms with Gasteiger partial charge in [-0.05, 0) is 55.4 Å². The highest BCUT2D eigenvalue weighted by molar-refractivity contribution is 6.02. The van der Waals surface area contributed by atoms with Gasteiger partial charge in [-0.15, -0.1) is 0 Å². The summed E-state index contributed by atoms with van der Waals surface area (Å²) in [7, 11) is 0. The number of carbonyl (C=O) groups excluding carboxylic acids is 2. The van der Waals surface area contributed by atoms with Crippen LogP contribution in [0.2, 0.25) is 0 Å². The number of rotatable bonds is 10. The molecule has 0 saturated carbocycles. The molecule has 2 atom stereocenters. The molecule has 0 bridgehead atoms. The summed E-state index contributed by atoms with van der Waals surface area (Å²) in [5, 5.41) is 3.04. The van der Waals surface area contributed by atoms with E-state index in [2.05, 4.69) is 5.32 Å². The van der Waals surface area contributed by atoms with Crippen molar-refractivity contribution in [3.05, 3.63) is 46.7 Å². The van der Waals surface area contributed by atoms with Crippen molar-refractivity contribution in [3.63, 3.8) is 0 Å². The summed E-state index contributed by atoms with van der Waals surface area (Å²) < 4.78 is 35.6. The van der Waals surface area contributed by atoms with Crippen molar-refractivity contribution in [2.24, 2.45) is 11.8 Å². The van der Waals surface area contributed by atoms with E-state index in [-0.39, 0.29) is 30.1 Å². The Bertz CT molecular complexity index is 1060. The Morgan fingerprint density at radius 3 is 2.51 bits per heavy atom. The number of Topliss-reactive ketones (excluding diaryl/α,β-unsaturated/α-hetero) is 1. The second-order valence-electron chi connectivity index (χ2n) is 9.94. The molecular weight excluding hydrogens is 450 g/mol. The Kier molecular flexibility index (Phi) is 9.22. The topological polar surface area (TPSA) is 60.3 Å². The van der Waals surface area contributed by atoms with Gasteiger partial charge in [-0.1, -0.05) is 41.0 Å². The predicted octanol–water partition coefficient (Wildman–Crippen LogP) is 6.07. The van der Waals surface area contributed by atoms with Gasteiger partial charge in [-0.3, -0.25) is 9.59 Å². The molecule has 2 unspecified atom stereocenters. The zero-order chi connectivity index (χ0) is 25.7. The van der Waals surface area contributed by atoms with Gasteiger partial charge in [0.2, 0.25) is 0 Å². The number of halogens is 2. The molecule has 1 aliphatic rings. The van der Waals surface area contributed by atoms with Gasteiger partial charge < -0.3 is 14.6 Å². The molecule has 1 N–H and O–H groups in total. The summed E-state index contributed by atoms with van der Waals surface area (Å²) in [4.78, 5) is 27.0. The third-order valence-electron chi connectivity index (χ3n) is 6.72. The molecule has 3 rings (SSSR count). The van der Waals surface area contributed by atoms with E-state index in [1.165, 1.54) is 6.07 Å². The maximum absolute atomic E-state index is 14.2. The number of ketones is 1. The van der Waals surface area contributed by atoms with E-state index in [1.807, 2.05) is 39.2 Å². The van der Waals surface area contributed by atoms with Crippen LogP contribution in [0.25, 0.3) is 11.3 Å². The van der Waals surface area contributed by atoms with Crippen LogP contribution in [-0.2, 0) is 29.1 Å². The van der Waals surface area contributed by atoms with Gasteiger partial charge in [-0.25, -0.2) is 8.78 Å². The van der Waals surface area contributed by atoms with Gasteiger partial charge in [0.25, 0.3) is 5.91 Å². The van der Waals surface area contributed by atoms with E-state index >= 15 is 0 Å². The summed E-state index contributed by atoms with van der Waals surface area (Å²) in [6.07, 6.45) is 3.50. The first-order chi connectivity index (χ1) is 16.7. The second kappa shape index (κ2) is 11.9. The van der Waals surface area contributed by atoms with Crippen molar-refractivity contribution in [2.75, 3.05) is 6.61 Å². The van der Waals surface area contributed by atoms with Crippen LogP contribution in [0, 0.1) is 23.5 Å². The fourth-order valence-electron chi connectivity index (χ4n) is 5.07. The minimum Gasteiger partial charge on any atom is -0.375 e. The molecule has 1 aromatic carbocycles. The monoisotopic (exact) mass is 488 g/mol. The van der Waals surface area contributed by atoms with Crippen molar-refractivity contribution in [2.45, 2.75) is 85.9 Å². The molecule has 192 valence electrons. The second-order valence-corrected chi connectivity index (χ2v) is 9.94. The number of hydrogen-bond acceptors (Lipinski definition) is 3. The number of aromatic nitrogens is 1. The highest BCUT2D eigenvalue weighted by atomic mass is 19.2.